The Hall–Kier alpha value is -1.43. The molecule has 0 N–H and O–H groups in total. The van der Waals surface area contributed by atoms with E-state index < -0.39 is 21.9 Å². The van der Waals surface area contributed by atoms with Crippen LogP contribution in [0.25, 0.3) is 0 Å². The highest BCUT2D eigenvalue weighted by atomic mass is 32.3. The van der Waals surface area contributed by atoms with Crippen molar-refractivity contribution in [3.8, 4) is 0 Å². The zero-order valence-corrected chi connectivity index (χ0v) is 12.2. The van der Waals surface area contributed by atoms with Crippen molar-refractivity contribution in [2.45, 2.75) is 26.2 Å². The minimum Gasteiger partial charge on any atom is -0.312 e. The fourth-order valence-electron chi connectivity index (χ4n) is 2.56. The third-order valence-electron chi connectivity index (χ3n) is 3.43. The molecule has 1 atom stereocenters. The van der Waals surface area contributed by atoms with E-state index in [-0.39, 0.29) is 18.9 Å². The Labute approximate surface area is 118 Å². The van der Waals surface area contributed by atoms with Gasteiger partial charge in [-0.1, -0.05) is 25.5 Å². The second-order valence-corrected chi connectivity index (χ2v) is 6.61. The summed E-state index contributed by atoms with van der Waals surface area (Å²) in [5.74, 6) is -1.20. The lowest BCUT2D eigenvalue weighted by molar-refractivity contribution is -0.117. The number of hydrogen-bond acceptors (Lipinski definition) is 3. The van der Waals surface area contributed by atoms with Crippen molar-refractivity contribution in [2.24, 2.45) is 5.92 Å². The number of amides is 1. The van der Waals surface area contributed by atoms with E-state index in [2.05, 4.69) is 6.92 Å². The van der Waals surface area contributed by atoms with Gasteiger partial charge in [0.15, 0.2) is 0 Å². The summed E-state index contributed by atoms with van der Waals surface area (Å²) >= 11 is 0. The van der Waals surface area contributed by atoms with Gasteiger partial charge in [0.2, 0.25) is 5.91 Å². The quantitative estimate of drug-likeness (QED) is 0.784. The SMILES string of the molecule is CCCc1ccc(N2CC(CS(=O)(=O)F)CC2=O)cc1. The average molecular weight is 299 g/mol. The highest BCUT2D eigenvalue weighted by molar-refractivity contribution is 7.86. The lowest BCUT2D eigenvalue weighted by Gasteiger charge is -2.17. The van der Waals surface area contributed by atoms with E-state index in [1.165, 1.54) is 10.5 Å². The van der Waals surface area contributed by atoms with Gasteiger partial charge in [-0.2, -0.15) is 8.42 Å². The molecule has 20 heavy (non-hydrogen) atoms. The van der Waals surface area contributed by atoms with E-state index in [0.717, 1.165) is 18.5 Å². The normalized spacial score (nSPS) is 19.6. The molecule has 2 rings (SSSR count). The Bertz CT molecular complexity index is 583. The number of carbonyl (C=O) groups is 1. The van der Waals surface area contributed by atoms with Crippen LogP contribution in [0, 0.1) is 5.92 Å². The maximum Gasteiger partial charge on any atom is 0.302 e. The topological polar surface area (TPSA) is 54.5 Å². The van der Waals surface area contributed by atoms with Crippen LogP contribution in [0.15, 0.2) is 24.3 Å². The number of halogens is 1. The van der Waals surface area contributed by atoms with E-state index in [4.69, 9.17) is 0 Å². The molecule has 6 heteroatoms. The van der Waals surface area contributed by atoms with Gasteiger partial charge >= 0.3 is 10.2 Å². The van der Waals surface area contributed by atoms with Crippen LogP contribution in [0.3, 0.4) is 0 Å². The smallest absolute Gasteiger partial charge is 0.302 e. The van der Waals surface area contributed by atoms with E-state index in [1.807, 2.05) is 24.3 Å². The maximum absolute atomic E-state index is 12.7. The van der Waals surface area contributed by atoms with Crippen molar-refractivity contribution in [2.75, 3.05) is 17.2 Å². The summed E-state index contributed by atoms with van der Waals surface area (Å²) in [6, 6.07) is 7.64. The molecule has 0 aliphatic carbocycles. The van der Waals surface area contributed by atoms with E-state index >= 15 is 0 Å². The predicted octanol–water partition coefficient (Wildman–Crippen LogP) is 2.29. The van der Waals surface area contributed by atoms with Crippen molar-refractivity contribution in [3.05, 3.63) is 29.8 Å². The average Bonchev–Trinajstić information content (AvgIpc) is 2.69. The summed E-state index contributed by atoms with van der Waals surface area (Å²) in [5, 5.41) is 0. The third kappa shape index (κ3) is 3.79. The number of carbonyl (C=O) groups excluding carboxylic acids is 1. The first-order valence-electron chi connectivity index (χ1n) is 6.70. The van der Waals surface area contributed by atoms with Gasteiger partial charge in [0.25, 0.3) is 0 Å². The van der Waals surface area contributed by atoms with Gasteiger partial charge in [0.05, 0.1) is 5.75 Å². The lowest BCUT2D eigenvalue weighted by atomic mass is 10.1. The van der Waals surface area contributed by atoms with Crippen molar-refractivity contribution >= 4 is 21.8 Å². The fourth-order valence-corrected chi connectivity index (χ4v) is 3.34. The van der Waals surface area contributed by atoms with Crippen molar-refractivity contribution < 1.29 is 17.1 Å². The molecule has 1 heterocycles. The van der Waals surface area contributed by atoms with Crippen molar-refractivity contribution in [1.29, 1.82) is 0 Å². The first-order valence-corrected chi connectivity index (χ1v) is 8.26. The molecule has 1 aromatic rings. The lowest BCUT2D eigenvalue weighted by Crippen LogP contribution is -2.25. The molecule has 1 unspecified atom stereocenters. The Morgan fingerprint density at radius 2 is 1.95 bits per heavy atom. The zero-order chi connectivity index (χ0) is 14.8. The molecule has 0 saturated carbocycles. The molecule has 0 aromatic heterocycles. The minimum absolute atomic E-state index is 0.0832. The summed E-state index contributed by atoms with van der Waals surface area (Å²) < 4.78 is 34.0. The van der Waals surface area contributed by atoms with Gasteiger partial charge in [-0.15, -0.1) is 3.89 Å². The second kappa shape index (κ2) is 5.91. The van der Waals surface area contributed by atoms with E-state index in [1.54, 1.807) is 0 Å². The van der Waals surface area contributed by atoms with Crippen LogP contribution in [0.5, 0.6) is 0 Å². The van der Waals surface area contributed by atoms with Crippen LogP contribution in [0.2, 0.25) is 0 Å². The number of aryl methyl sites for hydroxylation is 1. The Balaban J connectivity index is 2.07. The molecule has 1 aromatic carbocycles. The largest absolute Gasteiger partial charge is 0.312 e. The zero-order valence-electron chi connectivity index (χ0n) is 11.4. The second-order valence-electron chi connectivity index (χ2n) is 5.20. The number of rotatable bonds is 5. The summed E-state index contributed by atoms with van der Waals surface area (Å²) in [6.07, 6.45) is 2.12. The number of hydrogen-bond donors (Lipinski definition) is 0. The molecule has 4 nitrogen and oxygen atoms in total. The van der Waals surface area contributed by atoms with Crippen LogP contribution in [0.1, 0.15) is 25.3 Å². The molecule has 1 aliphatic heterocycles. The van der Waals surface area contributed by atoms with E-state index in [0.29, 0.717) is 0 Å². The van der Waals surface area contributed by atoms with Crippen LogP contribution in [0.4, 0.5) is 9.57 Å². The summed E-state index contributed by atoms with van der Waals surface area (Å²) in [7, 11) is -4.53. The summed E-state index contributed by atoms with van der Waals surface area (Å²) in [4.78, 5) is 13.4. The number of nitrogens with zero attached hydrogens (tertiary/aromatic N) is 1. The molecule has 1 amide bonds. The molecule has 0 spiro atoms. The van der Waals surface area contributed by atoms with Crippen LogP contribution in [-0.2, 0) is 21.4 Å². The van der Waals surface area contributed by atoms with Crippen LogP contribution < -0.4 is 4.90 Å². The molecule has 1 aliphatic rings. The van der Waals surface area contributed by atoms with Gasteiger partial charge in [0, 0.05) is 24.6 Å². The maximum atomic E-state index is 12.7. The Kier molecular flexibility index (Phi) is 4.42. The monoisotopic (exact) mass is 299 g/mol. The van der Waals surface area contributed by atoms with Gasteiger partial charge < -0.3 is 4.90 Å². The number of benzene rings is 1. The van der Waals surface area contributed by atoms with Gasteiger partial charge in [0.1, 0.15) is 0 Å². The van der Waals surface area contributed by atoms with Gasteiger partial charge in [-0.05, 0) is 24.1 Å². The van der Waals surface area contributed by atoms with Crippen LogP contribution >= 0.6 is 0 Å². The third-order valence-corrected chi connectivity index (χ3v) is 4.30. The molecular formula is C14H18FNO3S. The van der Waals surface area contributed by atoms with Gasteiger partial charge in [-0.3, -0.25) is 4.79 Å². The fraction of sp³-hybridized carbons (Fsp3) is 0.500. The minimum atomic E-state index is -4.53. The van der Waals surface area contributed by atoms with Crippen LogP contribution in [-0.4, -0.2) is 26.6 Å². The molecule has 110 valence electrons. The Morgan fingerprint density at radius 3 is 2.50 bits per heavy atom. The van der Waals surface area contributed by atoms with E-state index in [9.17, 15) is 17.1 Å². The summed E-state index contributed by atoms with van der Waals surface area (Å²) in [5.41, 5.74) is 1.94. The molecule has 1 fully saturated rings. The first kappa shape index (κ1) is 15.0. The molecule has 0 bridgehead atoms. The Morgan fingerprint density at radius 1 is 1.30 bits per heavy atom. The predicted molar refractivity (Wildman–Crippen MR) is 75.8 cm³/mol. The molecule has 0 radical (unpaired) electrons. The van der Waals surface area contributed by atoms with Crippen molar-refractivity contribution in [3.63, 3.8) is 0 Å². The molecular weight excluding hydrogens is 281 g/mol. The number of anilines is 1. The highest BCUT2D eigenvalue weighted by Gasteiger charge is 2.33. The van der Waals surface area contributed by atoms with Crippen molar-refractivity contribution in [1.82, 2.24) is 0 Å². The summed E-state index contributed by atoms with van der Waals surface area (Å²) in [6.45, 7) is 2.36. The highest BCUT2D eigenvalue weighted by Crippen LogP contribution is 2.26. The first-order chi connectivity index (χ1) is 9.39. The standard InChI is InChI=1S/C14H18FNO3S/c1-2-3-11-4-6-13(7-5-11)16-9-12(8-14(16)17)10-20(15,18)19/h4-7,12H,2-3,8-10H2,1H3. The van der Waals surface area contributed by atoms with Gasteiger partial charge in [-0.25, -0.2) is 0 Å². The molecule has 1 saturated heterocycles.